The fourth-order valence-electron chi connectivity index (χ4n) is 1.55. The van der Waals surface area contributed by atoms with E-state index in [1.165, 1.54) is 6.07 Å². The quantitative estimate of drug-likeness (QED) is 0.896. The Bertz CT molecular complexity index is 342. The third-order valence-corrected chi connectivity index (χ3v) is 2.89. The first kappa shape index (κ1) is 13.6. The van der Waals surface area contributed by atoms with Crippen LogP contribution in [-0.2, 0) is 6.54 Å². The average molecular weight is 289 g/mol. The van der Waals surface area contributed by atoms with Crippen molar-refractivity contribution in [3.05, 3.63) is 34.1 Å². The van der Waals surface area contributed by atoms with E-state index < -0.39 is 0 Å². The molecule has 16 heavy (non-hydrogen) atoms. The van der Waals surface area contributed by atoms with E-state index in [0.29, 0.717) is 10.5 Å². The molecule has 1 rings (SSSR count). The van der Waals surface area contributed by atoms with Gasteiger partial charge in [0, 0.05) is 19.1 Å². The van der Waals surface area contributed by atoms with Crippen molar-refractivity contribution in [3.63, 3.8) is 0 Å². The SMILES string of the molecule is CC(CN(C)C)NCc1ccc(F)c(Br)c1. The van der Waals surface area contributed by atoms with E-state index in [4.69, 9.17) is 0 Å². The zero-order valence-electron chi connectivity index (χ0n) is 9.93. The minimum absolute atomic E-state index is 0.218. The van der Waals surface area contributed by atoms with Crippen LogP contribution in [0.25, 0.3) is 0 Å². The largest absolute Gasteiger partial charge is 0.309 e. The molecule has 0 aliphatic rings. The third-order valence-electron chi connectivity index (χ3n) is 2.28. The molecule has 0 spiro atoms. The smallest absolute Gasteiger partial charge is 0.137 e. The van der Waals surface area contributed by atoms with Gasteiger partial charge in [-0.1, -0.05) is 6.07 Å². The van der Waals surface area contributed by atoms with E-state index in [9.17, 15) is 4.39 Å². The number of benzene rings is 1. The molecule has 0 radical (unpaired) electrons. The van der Waals surface area contributed by atoms with Gasteiger partial charge in [0.15, 0.2) is 0 Å². The first-order valence-corrected chi connectivity index (χ1v) is 6.10. The fraction of sp³-hybridized carbons (Fsp3) is 0.500. The lowest BCUT2D eigenvalue weighted by atomic mass is 10.2. The van der Waals surface area contributed by atoms with E-state index in [1.54, 1.807) is 6.07 Å². The minimum atomic E-state index is -0.218. The number of hydrogen-bond donors (Lipinski definition) is 1. The summed E-state index contributed by atoms with van der Waals surface area (Å²) < 4.78 is 13.5. The van der Waals surface area contributed by atoms with Crippen LogP contribution in [0, 0.1) is 5.82 Å². The van der Waals surface area contributed by atoms with E-state index >= 15 is 0 Å². The standard InChI is InChI=1S/C12H18BrFN2/c1-9(8-16(2)3)15-7-10-4-5-12(14)11(13)6-10/h4-6,9,15H,7-8H2,1-3H3. The molecule has 0 saturated heterocycles. The zero-order valence-corrected chi connectivity index (χ0v) is 11.5. The highest BCUT2D eigenvalue weighted by Gasteiger charge is 2.04. The molecule has 0 fully saturated rings. The van der Waals surface area contributed by atoms with Crippen LogP contribution in [0.4, 0.5) is 4.39 Å². The highest BCUT2D eigenvalue weighted by molar-refractivity contribution is 9.10. The second-order valence-corrected chi connectivity index (χ2v) is 5.15. The van der Waals surface area contributed by atoms with Crippen molar-refractivity contribution in [3.8, 4) is 0 Å². The maximum atomic E-state index is 13.0. The normalized spacial score (nSPS) is 13.1. The van der Waals surface area contributed by atoms with Gasteiger partial charge in [0.2, 0.25) is 0 Å². The second-order valence-electron chi connectivity index (χ2n) is 4.29. The number of hydrogen-bond acceptors (Lipinski definition) is 2. The lowest BCUT2D eigenvalue weighted by Gasteiger charge is -2.18. The third kappa shape index (κ3) is 4.60. The summed E-state index contributed by atoms with van der Waals surface area (Å²) in [6.07, 6.45) is 0. The Morgan fingerprint density at radius 2 is 2.12 bits per heavy atom. The van der Waals surface area contributed by atoms with Gasteiger partial charge < -0.3 is 10.2 Å². The highest BCUT2D eigenvalue weighted by atomic mass is 79.9. The van der Waals surface area contributed by atoms with Crippen molar-refractivity contribution in [2.75, 3.05) is 20.6 Å². The summed E-state index contributed by atoms with van der Waals surface area (Å²) in [6, 6.07) is 5.51. The molecule has 1 unspecified atom stereocenters. The van der Waals surface area contributed by atoms with E-state index in [-0.39, 0.29) is 5.82 Å². The summed E-state index contributed by atoms with van der Waals surface area (Å²) in [7, 11) is 4.10. The summed E-state index contributed by atoms with van der Waals surface area (Å²) in [5.74, 6) is -0.218. The Labute approximate surface area is 105 Å². The molecular formula is C12H18BrFN2. The average Bonchev–Trinajstić information content (AvgIpc) is 2.19. The Kier molecular flexibility index (Phi) is 5.38. The van der Waals surface area contributed by atoms with E-state index in [0.717, 1.165) is 18.7 Å². The Morgan fingerprint density at radius 3 is 2.69 bits per heavy atom. The molecule has 1 N–H and O–H groups in total. The van der Waals surface area contributed by atoms with Crippen LogP contribution in [0.1, 0.15) is 12.5 Å². The molecule has 4 heteroatoms. The van der Waals surface area contributed by atoms with Crippen LogP contribution >= 0.6 is 15.9 Å². The van der Waals surface area contributed by atoms with Crippen LogP contribution in [0.15, 0.2) is 22.7 Å². The van der Waals surface area contributed by atoms with Crippen molar-refractivity contribution >= 4 is 15.9 Å². The molecule has 0 aromatic heterocycles. The van der Waals surface area contributed by atoms with E-state index in [1.807, 2.05) is 20.2 Å². The molecule has 0 amide bonds. The molecule has 0 aliphatic carbocycles. The van der Waals surface area contributed by atoms with Crippen LogP contribution in [0.5, 0.6) is 0 Å². The van der Waals surface area contributed by atoms with Crippen LogP contribution in [0.2, 0.25) is 0 Å². The van der Waals surface area contributed by atoms with Gasteiger partial charge in [-0.15, -0.1) is 0 Å². The number of nitrogens with zero attached hydrogens (tertiary/aromatic N) is 1. The Hall–Kier alpha value is -0.450. The van der Waals surface area contributed by atoms with Crippen molar-refractivity contribution in [2.45, 2.75) is 19.5 Å². The van der Waals surface area contributed by atoms with Gasteiger partial charge in [0.25, 0.3) is 0 Å². The van der Waals surface area contributed by atoms with Gasteiger partial charge in [0.1, 0.15) is 5.82 Å². The summed E-state index contributed by atoms with van der Waals surface area (Å²) in [5, 5.41) is 3.39. The molecular weight excluding hydrogens is 271 g/mol. The lowest BCUT2D eigenvalue weighted by molar-refractivity contribution is 0.349. The van der Waals surface area contributed by atoms with E-state index in [2.05, 4.69) is 33.1 Å². The van der Waals surface area contributed by atoms with Crippen LogP contribution in [0.3, 0.4) is 0 Å². The summed E-state index contributed by atoms with van der Waals surface area (Å²) in [6.45, 7) is 3.88. The molecule has 1 aromatic rings. The van der Waals surface area contributed by atoms with Crippen molar-refractivity contribution in [2.24, 2.45) is 0 Å². The Balaban J connectivity index is 2.45. The molecule has 0 aliphatic heterocycles. The predicted octanol–water partition coefficient (Wildman–Crippen LogP) is 2.63. The van der Waals surface area contributed by atoms with Gasteiger partial charge in [-0.05, 0) is 54.6 Å². The van der Waals surface area contributed by atoms with Gasteiger partial charge in [0.05, 0.1) is 4.47 Å². The molecule has 0 bridgehead atoms. The topological polar surface area (TPSA) is 15.3 Å². The summed E-state index contributed by atoms with van der Waals surface area (Å²) in [5.41, 5.74) is 1.08. The molecule has 1 aromatic carbocycles. The number of rotatable bonds is 5. The summed E-state index contributed by atoms with van der Waals surface area (Å²) in [4.78, 5) is 2.14. The molecule has 90 valence electrons. The van der Waals surface area contributed by atoms with Gasteiger partial charge in [-0.3, -0.25) is 0 Å². The first-order valence-electron chi connectivity index (χ1n) is 5.31. The Morgan fingerprint density at radius 1 is 1.44 bits per heavy atom. The number of nitrogens with one attached hydrogen (secondary N) is 1. The first-order chi connectivity index (χ1) is 7.49. The van der Waals surface area contributed by atoms with Crippen LogP contribution < -0.4 is 5.32 Å². The van der Waals surface area contributed by atoms with Gasteiger partial charge in [-0.25, -0.2) is 4.39 Å². The predicted molar refractivity (Wildman–Crippen MR) is 69.0 cm³/mol. The van der Waals surface area contributed by atoms with Crippen molar-refractivity contribution in [1.82, 2.24) is 10.2 Å². The monoisotopic (exact) mass is 288 g/mol. The maximum Gasteiger partial charge on any atom is 0.137 e. The zero-order chi connectivity index (χ0) is 12.1. The van der Waals surface area contributed by atoms with Crippen molar-refractivity contribution in [1.29, 1.82) is 0 Å². The maximum absolute atomic E-state index is 13.0. The molecule has 2 nitrogen and oxygen atoms in total. The molecule has 0 heterocycles. The van der Waals surface area contributed by atoms with Gasteiger partial charge in [-0.2, -0.15) is 0 Å². The highest BCUT2D eigenvalue weighted by Crippen LogP contribution is 2.16. The summed E-state index contributed by atoms with van der Waals surface area (Å²) >= 11 is 3.18. The fourth-order valence-corrected chi connectivity index (χ4v) is 1.98. The second kappa shape index (κ2) is 6.33. The van der Waals surface area contributed by atoms with Gasteiger partial charge >= 0.3 is 0 Å². The molecule has 1 atom stereocenters. The van der Waals surface area contributed by atoms with Crippen molar-refractivity contribution < 1.29 is 4.39 Å². The molecule has 0 saturated carbocycles. The number of likely N-dealkylation sites (N-methyl/N-ethyl adjacent to an activating group) is 1. The number of halogens is 2. The van der Waals surface area contributed by atoms with Crippen LogP contribution in [-0.4, -0.2) is 31.6 Å². The minimum Gasteiger partial charge on any atom is -0.309 e. The lowest BCUT2D eigenvalue weighted by Crippen LogP contribution is -2.35.